The highest BCUT2D eigenvalue weighted by atomic mass is 19.3. The lowest BCUT2D eigenvalue weighted by molar-refractivity contribution is -0.118. The van der Waals surface area contributed by atoms with E-state index in [1.54, 1.807) is 24.3 Å². The largest absolute Gasteiger partial charge is 0.497 e. The molecule has 1 N–H and O–H groups in total. The highest BCUT2D eigenvalue weighted by molar-refractivity contribution is 5.94. The van der Waals surface area contributed by atoms with Crippen molar-refractivity contribution in [3.05, 3.63) is 54.1 Å². The molecular formula is C21H24F2N2O5. The molecule has 0 aromatic heterocycles. The summed E-state index contributed by atoms with van der Waals surface area (Å²) in [6.45, 7) is -0.703. The number of anilines is 1. The number of methoxy groups -OCH3 is 2. The van der Waals surface area contributed by atoms with Gasteiger partial charge < -0.3 is 24.4 Å². The zero-order chi connectivity index (χ0) is 21.9. The first-order chi connectivity index (χ1) is 14.4. The second-order valence-corrected chi connectivity index (χ2v) is 6.23. The van der Waals surface area contributed by atoms with Gasteiger partial charge >= 0.3 is 0 Å². The summed E-state index contributed by atoms with van der Waals surface area (Å²) in [6, 6.07) is 12.8. The Labute approximate surface area is 173 Å². The highest BCUT2D eigenvalue weighted by Gasteiger charge is 2.19. The first-order valence-corrected chi connectivity index (χ1v) is 9.16. The highest BCUT2D eigenvalue weighted by Crippen LogP contribution is 2.17. The van der Waals surface area contributed by atoms with Crippen molar-refractivity contribution in [2.24, 2.45) is 0 Å². The smallest absolute Gasteiger partial charge is 0.262 e. The third kappa shape index (κ3) is 7.32. The number of carbonyl (C=O) groups excluding carboxylic acids is 2. The second-order valence-electron chi connectivity index (χ2n) is 6.23. The van der Waals surface area contributed by atoms with Gasteiger partial charge in [-0.2, -0.15) is 0 Å². The molecule has 2 aromatic carbocycles. The third-order valence-corrected chi connectivity index (χ3v) is 4.04. The first-order valence-electron chi connectivity index (χ1n) is 9.16. The Morgan fingerprint density at radius 1 is 1.07 bits per heavy atom. The predicted octanol–water partition coefficient (Wildman–Crippen LogP) is 3.07. The Morgan fingerprint density at radius 2 is 1.80 bits per heavy atom. The van der Waals surface area contributed by atoms with Gasteiger partial charge in [0.1, 0.15) is 11.5 Å². The van der Waals surface area contributed by atoms with E-state index in [2.05, 4.69) is 5.32 Å². The van der Waals surface area contributed by atoms with Gasteiger partial charge in [0.25, 0.3) is 18.2 Å². The molecule has 0 unspecified atom stereocenters. The SMILES string of the molecule is COCCN(CC(F)F)C(=O)c1ccc(OCC(=O)Nc2cccc(OC)c2)cc1. The van der Waals surface area contributed by atoms with Crippen molar-refractivity contribution in [2.75, 3.05) is 45.8 Å². The van der Waals surface area contributed by atoms with E-state index in [9.17, 15) is 18.4 Å². The molecule has 30 heavy (non-hydrogen) atoms. The van der Waals surface area contributed by atoms with Crippen molar-refractivity contribution in [1.82, 2.24) is 4.90 Å². The number of ether oxygens (including phenoxy) is 3. The van der Waals surface area contributed by atoms with Gasteiger partial charge in [0.2, 0.25) is 0 Å². The van der Waals surface area contributed by atoms with E-state index in [0.29, 0.717) is 17.2 Å². The van der Waals surface area contributed by atoms with Gasteiger partial charge in [-0.25, -0.2) is 8.78 Å². The molecule has 2 amide bonds. The normalized spacial score (nSPS) is 10.6. The van der Waals surface area contributed by atoms with Crippen LogP contribution < -0.4 is 14.8 Å². The number of halogens is 2. The fraction of sp³-hybridized carbons (Fsp3) is 0.333. The Hall–Kier alpha value is -3.20. The van der Waals surface area contributed by atoms with Gasteiger partial charge in [-0.3, -0.25) is 9.59 Å². The summed E-state index contributed by atoms with van der Waals surface area (Å²) >= 11 is 0. The minimum absolute atomic E-state index is 0.0579. The predicted molar refractivity (Wildman–Crippen MR) is 107 cm³/mol. The average molecular weight is 422 g/mol. The van der Waals surface area contributed by atoms with E-state index in [1.165, 1.54) is 38.5 Å². The van der Waals surface area contributed by atoms with Crippen molar-refractivity contribution in [3.63, 3.8) is 0 Å². The van der Waals surface area contributed by atoms with Crippen LogP contribution in [0.25, 0.3) is 0 Å². The molecule has 0 saturated carbocycles. The molecule has 0 aliphatic heterocycles. The van der Waals surface area contributed by atoms with Crippen molar-refractivity contribution in [3.8, 4) is 11.5 Å². The summed E-state index contributed by atoms with van der Waals surface area (Å²) in [6.07, 6.45) is -2.64. The molecule has 0 fully saturated rings. The summed E-state index contributed by atoms with van der Waals surface area (Å²) in [7, 11) is 2.96. The number of hydrogen-bond acceptors (Lipinski definition) is 5. The number of rotatable bonds is 11. The summed E-state index contributed by atoms with van der Waals surface area (Å²) < 4.78 is 40.8. The van der Waals surface area contributed by atoms with Crippen LogP contribution in [0.1, 0.15) is 10.4 Å². The van der Waals surface area contributed by atoms with E-state index in [-0.39, 0.29) is 31.2 Å². The summed E-state index contributed by atoms with van der Waals surface area (Å²) in [5, 5.41) is 2.68. The van der Waals surface area contributed by atoms with Crippen LogP contribution in [0.5, 0.6) is 11.5 Å². The minimum Gasteiger partial charge on any atom is -0.497 e. The van der Waals surface area contributed by atoms with E-state index in [4.69, 9.17) is 14.2 Å². The van der Waals surface area contributed by atoms with Crippen molar-refractivity contribution in [1.29, 1.82) is 0 Å². The van der Waals surface area contributed by atoms with Gasteiger partial charge in [0.05, 0.1) is 20.3 Å². The fourth-order valence-electron chi connectivity index (χ4n) is 2.57. The van der Waals surface area contributed by atoms with Gasteiger partial charge in [-0.05, 0) is 36.4 Å². The summed E-state index contributed by atoms with van der Waals surface area (Å²) in [4.78, 5) is 25.5. The van der Waals surface area contributed by atoms with Crippen LogP contribution in [0.15, 0.2) is 48.5 Å². The van der Waals surface area contributed by atoms with Crippen LogP contribution in [0.3, 0.4) is 0 Å². The van der Waals surface area contributed by atoms with Crippen molar-refractivity contribution < 1.29 is 32.6 Å². The fourth-order valence-corrected chi connectivity index (χ4v) is 2.57. The molecule has 7 nitrogen and oxygen atoms in total. The van der Waals surface area contributed by atoms with Gasteiger partial charge in [-0.1, -0.05) is 6.07 Å². The van der Waals surface area contributed by atoms with Gasteiger partial charge in [0, 0.05) is 31.0 Å². The number of benzene rings is 2. The minimum atomic E-state index is -2.64. The van der Waals surface area contributed by atoms with E-state index < -0.39 is 18.9 Å². The monoisotopic (exact) mass is 422 g/mol. The Bertz CT molecular complexity index is 830. The lowest BCUT2D eigenvalue weighted by atomic mass is 10.2. The maximum atomic E-state index is 12.7. The molecule has 0 bridgehead atoms. The first kappa shape index (κ1) is 23.1. The van der Waals surface area contributed by atoms with E-state index in [1.807, 2.05) is 0 Å². The lowest BCUT2D eigenvalue weighted by Gasteiger charge is -2.22. The zero-order valence-corrected chi connectivity index (χ0v) is 16.8. The molecular weight excluding hydrogens is 398 g/mol. The molecule has 0 aliphatic rings. The van der Waals surface area contributed by atoms with Crippen LogP contribution >= 0.6 is 0 Å². The molecule has 0 spiro atoms. The molecule has 0 heterocycles. The molecule has 0 radical (unpaired) electrons. The number of nitrogens with one attached hydrogen (secondary N) is 1. The van der Waals surface area contributed by atoms with E-state index in [0.717, 1.165) is 4.90 Å². The quantitative estimate of drug-likeness (QED) is 0.602. The average Bonchev–Trinajstić information content (AvgIpc) is 2.75. The van der Waals surface area contributed by atoms with Crippen molar-refractivity contribution >= 4 is 17.5 Å². The lowest BCUT2D eigenvalue weighted by Crippen LogP contribution is -2.37. The Balaban J connectivity index is 1.91. The number of nitrogens with zero attached hydrogens (tertiary/aromatic N) is 1. The van der Waals surface area contributed by atoms with Crippen LogP contribution in [-0.2, 0) is 9.53 Å². The number of carbonyl (C=O) groups is 2. The molecule has 0 aliphatic carbocycles. The Morgan fingerprint density at radius 3 is 2.43 bits per heavy atom. The van der Waals surface area contributed by atoms with Crippen LogP contribution in [0.4, 0.5) is 14.5 Å². The second kappa shape index (κ2) is 11.7. The number of alkyl halides is 2. The number of amides is 2. The summed E-state index contributed by atoms with van der Waals surface area (Å²) in [5.74, 6) is 0.0748. The van der Waals surface area contributed by atoms with Crippen molar-refractivity contribution in [2.45, 2.75) is 6.43 Å². The maximum absolute atomic E-state index is 12.7. The molecule has 0 saturated heterocycles. The van der Waals surface area contributed by atoms with Crippen LogP contribution in [0.2, 0.25) is 0 Å². The van der Waals surface area contributed by atoms with Crippen LogP contribution in [-0.4, -0.2) is 63.7 Å². The summed E-state index contributed by atoms with van der Waals surface area (Å²) in [5.41, 5.74) is 0.805. The standard InChI is InChI=1S/C21H24F2N2O5/c1-28-11-10-25(13-19(22)23)21(27)15-6-8-17(9-7-15)30-14-20(26)24-16-4-3-5-18(12-16)29-2/h3-9,12,19H,10-11,13-14H2,1-2H3,(H,24,26). The van der Waals surface area contributed by atoms with Gasteiger partial charge in [0.15, 0.2) is 6.61 Å². The molecule has 2 rings (SSSR count). The molecule has 162 valence electrons. The van der Waals surface area contributed by atoms with E-state index >= 15 is 0 Å². The molecule has 9 heteroatoms. The van der Waals surface area contributed by atoms with Gasteiger partial charge in [-0.15, -0.1) is 0 Å². The zero-order valence-electron chi connectivity index (χ0n) is 16.8. The molecule has 0 atom stereocenters. The maximum Gasteiger partial charge on any atom is 0.262 e. The molecule has 2 aromatic rings. The Kier molecular flexibility index (Phi) is 9.02. The third-order valence-electron chi connectivity index (χ3n) is 4.04. The van der Waals surface area contributed by atoms with Crippen LogP contribution in [0, 0.1) is 0 Å². The topological polar surface area (TPSA) is 77.1 Å². The number of hydrogen-bond donors (Lipinski definition) is 1.